The van der Waals surface area contributed by atoms with Gasteiger partial charge < -0.3 is 16.0 Å². The van der Waals surface area contributed by atoms with Crippen molar-refractivity contribution >= 4 is 5.91 Å². The minimum Gasteiger partial charge on any atom is -0.368 e. The molecule has 1 heterocycles. The normalized spacial score (nSPS) is 22.5. The van der Waals surface area contributed by atoms with Crippen molar-refractivity contribution < 1.29 is 4.79 Å². The smallest absolute Gasteiger partial charge is 0.237 e. The van der Waals surface area contributed by atoms with Gasteiger partial charge in [-0.25, -0.2) is 0 Å². The standard InChI is InChI=1S/C15H31N3O/c1-4-9-17-15(3,14(16)19)12-13(2)18-10-7-5-6-8-11-18/h13,17H,4-12H2,1-3H3,(H2,16,19). The van der Waals surface area contributed by atoms with Crippen molar-refractivity contribution in [2.24, 2.45) is 5.73 Å². The Kier molecular flexibility index (Phi) is 6.80. The van der Waals surface area contributed by atoms with E-state index in [4.69, 9.17) is 5.73 Å². The van der Waals surface area contributed by atoms with Gasteiger partial charge in [0.2, 0.25) is 5.91 Å². The van der Waals surface area contributed by atoms with Crippen molar-refractivity contribution in [1.82, 2.24) is 10.2 Å². The van der Waals surface area contributed by atoms with E-state index < -0.39 is 5.54 Å². The highest BCUT2D eigenvalue weighted by Gasteiger charge is 2.33. The lowest BCUT2D eigenvalue weighted by molar-refractivity contribution is -0.124. The zero-order valence-corrected chi connectivity index (χ0v) is 12.9. The molecule has 1 amide bonds. The van der Waals surface area contributed by atoms with Crippen molar-refractivity contribution in [3.8, 4) is 0 Å². The highest BCUT2D eigenvalue weighted by atomic mass is 16.1. The zero-order valence-electron chi connectivity index (χ0n) is 12.9. The maximum absolute atomic E-state index is 11.8. The SMILES string of the molecule is CCCNC(C)(CC(C)N1CCCCCC1)C(N)=O. The number of hydrogen-bond acceptors (Lipinski definition) is 3. The van der Waals surface area contributed by atoms with E-state index in [2.05, 4.69) is 24.1 Å². The molecule has 0 spiro atoms. The molecule has 1 aliphatic rings. The number of carbonyl (C=O) groups is 1. The molecular weight excluding hydrogens is 238 g/mol. The molecule has 0 radical (unpaired) electrons. The summed E-state index contributed by atoms with van der Waals surface area (Å²) in [6.45, 7) is 9.42. The first-order valence-electron chi connectivity index (χ1n) is 7.78. The third-order valence-corrected chi connectivity index (χ3v) is 4.28. The van der Waals surface area contributed by atoms with Crippen LogP contribution in [0, 0.1) is 0 Å². The minimum absolute atomic E-state index is 0.234. The fraction of sp³-hybridized carbons (Fsp3) is 0.933. The van der Waals surface area contributed by atoms with Gasteiger partial charge in [-0.05, 0) is 59.2 Å². The maximum atomic E-state index is 11.8. The monoisotopic (exact) mass is 269 g/mol. The summed E-state index contributed by atoms with van der Waals surface area (Å²) in [7, 11) is 0. The summed E-state index contributed by atoms with van der Waals surface area (Å²) >= 11 is 0. The quantitative estimate of drug-likeness (QED) is 0.742. The van der Waals surface area contributed by atoms with Gasteiger partial charge in [0.05, 0.1) is 5.54 Å². The van der Waals surface area contributed by atoms with Crippen LogP contribution in [0.15, 0.2) is 0 Å². The Morgan fingerprint density at radius 2 is 1.89 bits per heavy atom. The van der Waals surface area contributed by atoms with E-state index >= 15 is 0 Å². The van der Waals surface area contributed by atoms with Crippen LogP contribution in [-0.2, 0) is 4.79 Å². The lowest BCUT2D eigenvalue weighted by Gasteiger charge is -2.35. The Morgan fingerprint density at radius 1 is 1.32 bits per heavy atom. The number of hydrogen-bond donors (Lipinski definition) is 2. The van der Waals surface area contributed by atoms with Gasteiger partial charge in [-0.3, -0.25) is 4.79 Å². The summed E-state index contributed by atoms with van der Waals surface area (Å²) < 4.78 is 0. The summed E-state index contributed by atoms with van der Waals surface area (Å²) in [5.41, 5.74) is 5.02. The first-order chi connectivity index (χ1) is 8.99. The van der Waals surface area contributed by atoms with E-state index in [1.807, 2.05) is 6.92 Å². The van der Waals surface area contributed by atoms with Crippen molar-refractivity contribution in [2.75, 3.05) is 19.6 Å². The summed E-state index contributed by atoms with van der Waals surface area (Å²) in [6.07, 6.45) is 7.04. The average Bonchev–Trinajstić information content (AvgIpc) is 2.65. The Labute approximate surface area is 118 Å². The molecule has 1 saturated heterocycles. The van der Waals surface area contributed by atoms with Gasteiger partial charge in [-0.15, -0.1) is 0 Å². The molecule has 3 N–H and O–H groups in total. The van der Waals surface area contributed by atoms with Gasteiger partial charge in [-0.1, -0.05) is 19.8 Å². The largest absolute Gasteiger partial charge is 0.368 e. The molecular formula is C15H31N3O. The van der Waals surface area contributed by atoms with Gasteiger partial charge in [0, 0.05) is 6.04 Å². The van der Waals surface area contributed by atoms with E-state index in [0.717, 1.165) is 32.5 Å². The lowest BCUT2D eigenvalue weighted by atomic mass is 9.91. The molecule has 0 aliphatic carbocycles. The molecule has 2 unspecified atom stereocenters. The second kappa shape index (κ2) is 7.85. The van der Waals surface area contributed by atoms with Crippen molar-refractivity contribution in [3.63, 3.8) is 0 Å². The number of carbonyl (C=O) groups excluding carboxylic acids is 1. The number of amides is 1. The number of rotatable bonds is 7. The number of nitrogens with two attached hydrogens (primary N) is 1. The third kappa shape index (κ3) is 5.11. The van der Waals surface area contributed by atoms with E-state index in [1.54, 1.807) is 0 Å². The Hall–Kier alpha value is -0.610. The van der Waals surface area contributed by atoms with E-state index in [-0.39, 0.29) is 5.91 Å². The highest BCUT2D eigenvalue weighted by molar-refractivity contribution is 5.84. The van der Waals surface area contributed by atoms with Crippen molar-refractivity contribution in [1.29, 1.82) is 0 Å². The minimum atomic E-state index is -0.582. The molecule has 1 fully saturated rings. The molecule has 1 rings (SSSR count). The second-order valence-electron chi connectivity index (χ2n) is 6.13. The van der Waals surface area contributed by atoms with Gasteiger partial charge in [0.15, 0.2) is 0 Å². The molecule has 4 heteroatoms. The van der Waals surface area contributed by atoms with E-state index in [1.165, 1.54) is 25.7 Å². The van der Waals surface area contributed by atoms with Gasteiger partial charge >= 0.3 is 0 Å². The summed E-state index contributed by atoms with van der Waals surface area (Å²) in [5, 5.41) is 3.33. The molecule has 4 nitrogen and oxygen atoms in total. The molecule has 0 aromatic heterocycles. The molecule has 0 aromatic rings. The summed E-state index contributed by atoms with van der Waals surface area (Å²) in [4.78, 5) is 14.3. The van der Waals surface area contributed by atoms with Crippen LogP contribution in [0.5, 0.6) is 0 Å². The van der Waals surface area contributed by atoms with Crippen LogP contribution >= 0.6 is 0 Å². The molecule has 112 valence electrons. The summed E-state index contributed by atoms with van der Waals surface area (Å²) in [6, 6.07) is 0.403. The molecule has 0 aromatic carbocycles. The maximum Gasteiger partial charge on any atom is 0.237 e. The summed E-state index contributed by atoms with van der Waals surface area (Å²) in [5.74, 6) is -0.234. The van der Waals surface area contributed by atoms with E-state index in [9.17, 15) is 4.79 Å². The fourth-order valence-electron chi connectivity index (χ4n) is 2.92. The Balaban J connectivity index is 2.58. The van der Waals surface area contributed by atoms with E-state index in [0.29, 0.717) is 6.04 Å². The molecule has 0 saturated carbocycles. The van der Waals surface area contributed by atoms with Crippen LogP contribution in [0.25, 0.3) is 0 Å². The number of likely N-dealkylation sites (tertiary alicyclic amines) is 1. The van der Waals surface area contributed by atoms with Crippen LogP contribution in [0.1, 0.15) is 59.3 Å². The zero-order chi connectivity index (χ0) is 14.3. The first kappa shape index (κ1) is 16.4. The lowest BCUT2D eigenvalue weighted by Crippen LogP contribution is -2.56. The molecule has 1 aliphatic heterocycles. The van der Waals surface area contributed by atoms with Crippen molar-refractivity contribution in [2.45, 2.75) is 70.9 Å². The number of nitrogens with zero attached hydrogens (tertiary/aromatic N) is 1. The van der Waals surface area contributed by atoms with Gasteiger partial charge in [0.25, 0.3) is 0 Å². The topological polar surface area (TPSA) is 58.4 Å². The number of primary amides is 1. The van der Waals surface area contributed by atoms with Crippen molar-refractivity contribution in [3.05, 3.63) is 0 Å². The van der Waals surface area contributed by atoms with Gasteiger partial charge in [-0.2, -0.15) is 0 Å². The molecule has 2 atom stereocenters. The third-order valence-electron chi connectivity index (χ3n) is 4.28. The second-order valence-corrected chi connectivity index (χ2v) is 6.13. The van der Waals surface area contributed by atoms with Crippen LogP contribution in [0.4, 0.5) is 0 Å². The van der Waals surface area contributed by atoms with Crippen LogP contribution in [-0.4, -0.2) is 42.0 Å². The number of nitrogens with one attached hydrogen (secondary N) is 1. The Bertz CT molecular complexity index is 275. The predicted molar refractivity (Wildman–Crippen MR) is 80.0 cm³/mol. The average molecular weight is 269 g/mol. The predicted octanol–water partition coefficient (Wildman–Crippen LogP) is 1.88. The van der Waals surface area contributed by atoms with Gasteiger partial charge in [0.1, 0.15) is 0 Å². The highest BCUT2D eigenvalue weighted by Crippen LogP contribution is 2.19. The first-order valence-corrected chi connectivity index (χ1v) is 7.78. The molecule has 19 heavy (non-hydrogen) atoms. The van der Waals surface area contributed by atoms with Crippen LogP contribution in [0.2, 0.25) is 0 Å². The van der Waals surface area contributed by atoms with Crippen LogP contribution in [0.3, 0.4) is 0 Å². The molecule has 0 bridgehead atoms. The van der Waals surface area contributed by atoms with Crippen LogP contribution < -0.4 is 11.1 Å². The fourth-order valence-corrected chi connectivity index (χ4v) is 2.92. The Morgan fingerprint density at radius 3 is 2.37 bits per heavy atom.